The van der Waals surface area contributed by atoms with Gasteiger partial charge >= 0.3 is 11.9 Å². The number of hydrogen-bond donors (Lipinski definition) is 0. The maximum Gasteiger partial charge on any atom is 0.305 e. The van der Waals surface area contributed by atoms with E-state index in [4.69, 9.17) is 14.2 Å². The van der Waals surface area contributed by atoms with Gasteiger partial charge in [-0.05, 0) is 96.3 Å². The quantitative estimate of drug-likeness (QED) is 0.0346. The molecule has 0 aliphatic heterocycles. The average molecular weight is 913 g/mol. The molecule has 5 nitrogen and oxygen atoms in total. The fourth-order valence-corrected chi connectivity index (χ4v) is 7.03. The van der Waals surface area contributed by atoms with E-state index in [1.54, 1.807) is 0 Å². The number of unbranched alkanes of at least 4 members (excludes halogenated alkanes) is 17. The molecule has 0 aromatic rings. The van der Waals surface area contributed by atoms with Crippen molar-refractivity contribution in [1.29, 1.82) is 0 Å². The Kier molecular flexibility index (Phi) is 52.5. The number of allylic oxidation sites excluding steroid dienone is 20. The van der Waals surface area contributed by atoms with Gasteiger partial charge in [0.15, 0.2) is 0 Å². The van der Waals surface area contributed by atoms with Crippen molar-refractivity contribution in [1.82, 2.24) is 0 Å². The highest BCUT2D eigenvalue weighted by Crippen LogP contribution is 2.14. The van der Waals surface area contributed by atoms with Crippen LogP contribution in [0, 0.1) is 0 Å². The minimum absolute atomic E-state index is 0.104. The Morgan fingerprint density at radius 1 is 0.333 bits per heavy atom. The lowest BCUT2D eigenvalue weighted by atomic mass is 10.0. The molecular formula is C61H100O5. The van der Waals surface area contributed by atoms with Gasteiger partial charge < -0.3 is 14.2 Å². The molecule has 0 saturated heterocycles. The van der Waals surface area contributed by atoms with E-state index in [-0.39, 0.29) is 25.2 Å². The van der Waals surface area contributed by atoms with E-state index in [2.05, 4.69) is 142 Å². The zero-order chi connectivity index (χ0) is 47.7. The largest absolute Gasteiger partial charge is 0.463 e. The van der Waals surface area contributed by atoms with Gasteiger partial charge in [-0.3, -0.25) is 9.59 Å². The first kappa shape index (κ1) is 62.3. The predicted molar refractivity (Wildman–Crippen MR) is 288 cm³/mol. The summed E-state index contributed by atoms with van der Waals surface area (Å²) in [5, 5.41) is 0. The van der Waals surface area contributed by atoms with Crippen LogP contribution in [0.1, 0.15) is 226 Å². The molecule has 0 aliphatic carbocycles. The molecule has 0 radical (unpaired) electrons. The van der Waals surface area contributed by atoms with Gasteiger partial charge in [-0.15, -0.1) is 0 Å². The molecule has 374 valence electrons. The second kappa shape index (κ2) is 55.6. The van der Waals surface area contributed by atoms with Gasteiger partial charge in [-0.1, -0.05) is 239 Å². The standard InChI is InChI=1S/C61H100O5/c1-4-7-10-13-16-19-22-25-28-31-33-36-39-42-45-48-51-54-60(62)65-57-59(64-56-53-50-47-44-41-38-35-30-27-24-21-18-15-12-9-6-3)58-66-61(63)55-52-49-46-43-40-37-34-32-29-26-23-20-17-14-11-8-5-2/h7-8,10-11,16-17,19-20,25-26,28-29,33-34,36-37,42-43,45-46,59H,4-6,9,12-15,18,21-24,27,30-32,35,38-41,44,47-58H2,1-3H3/b10-7-,11-8-,19-16-,20-17-,28-25-,29-26-,36-33-,37-34-,45-42-,46-43-. The molecule has 5 heteroatoms. The molecule has 0 N–H and O–H groups in total. The zero-order valence-corrected chi connectivity index (χ0v) is 42.9. The van der Waals surface area contributed by atoms with E-state index in [1.165, 1.54) is 89.9 Å². The average Bonchev–Trinajstić information content (AvgIpc) is 3.32. The van der Waals surface area contributed by atoms with Crippen LogP contribution < -0.4 is 0 Å². The summed E-state index contributed by atoms with van der Waals surface area (Å²) in [6.45, 7) is 7.37. The van der Waals surface area contributed by atoms with E-state index >= 15 is 0 Å². The Hall–Kier alpha value is -3.70. The SMILES string of the molecule is CC/C=C\C/C=C\C/C=C\C/C=C\C/C=C\CCCC(=O)OCC(COC(=O)CCC/C=C\C/C=C\C/C=C\C/C=C\C/C=C\CC)OCCCCCCCCCCCCCCCCCC. The maximum absolute atomic E-state index is 12.6. The fraction of sp³-hybridized carbons (Fsp3) is 0.639. The Morgan fingerprint density at radius 2 is 0.606 bits per heavy atom. The Morgan fingerprint density at radius 3 is 0.909 bits per heavy atom. The third kappa shape index (κ3) is 52.9. The van der Waals surface area contributed by atoms with Crippen LogP contribution in [0.5, 0.6) is 0 Å². The van der Waals surface area contributed by atoms with Crippen LogP contribution in [-0.4, -0.2) is 37.9 Å². The second-order valence-corrected chi connectivity index (χ2v) is 17.4. The predicted octanol–water partition coefficient (Wildman–Crippen LogP) is 18.6. The summed E-state index contributed by atoms with van der Waals surface area (Å²) in [5.74, 6) is -0.469. The normalized spacial score (nSPS) is 12.8. The summed E-state index contributed by atoms with van der Waals surface area (Å²) in [4.78, 5) is 25.2. The van der Waals surface area contributed by atoms with Gasteiger partial charge in [0, 0.05) is 19.4 Å². The third-order valence-corrected chi connectivity index (χ3v) is 11.0. The minimum Gasteiger partial charge on any atom is -0.463 e. The molecule has 0 amide bonds. The summed E-state index contributed by atoms with van der Waals surface area (Å²) in [7, 11) is 0. The van der Waals surface area contributed by atoms with Gasteiger partial charge in [-0.2, -0.15) is 0 Å². The summed E-state index contributed by atoms with van der Waals surface area (Å²) >= 11 is 0. The van der Waals surface area contributed by atoms with Crippen molar-refractivity contribution in [2.24, 2.45) is 0 Å². The van der Waals surface area contributed by atoms with Crippen LogP contribution in [-0.2, 0) is 23.8 Å². The molecule has 0 atom stereocenters. The highest BCUT2D eigenvalue weighted by Gasteiger charge is 2.15. The van der Waals surface area contributed by atoms with Crippen LogP contribution in [0.15, 0.2) is 122 Å². The molecule has 0 unspecified atom stereocenters. The van der Waals surface area contributed by atoms with E-state index in [0.717, 1.165) is 103 Å². The second-order valence-electron chi connectivity index (χ2n) is 17.4. The first-order chi connectivity index (χ1) is 32.6. The molecule has 0 heterocycles. The minimum atomic E-state index is -0.453. The van der Waals surface area contributed by atoms with Crippen molar-refractivity contribution in [2.45, 2.75) is 232 Å². The number of esters is 2. The molecular weight excluding hydrogens is 813 g/mol. The summed E-state index contributed by atoms with van der Waals surface area (Å²) in [5.41, 5.74) is 0. The number of hydrogen-bond acceptors (Lipinski definition) is 5. The zero-order valence-electron chi connectivity index (χ0n) is 42.9. The first-order valence-corrected chi connectivity index (χ1v) is 27.1. The summed E-state index contributed by atoms with van der Waals surface area (Å²) < 4.78 is 17.4. The van der Waals surface area contributed by atoms with Crippen LogP contribution in [0.2, 0.25) is 0 Å². The molecule has 0 aliphatic rings. The van der Waals surface area contributed by atoms with Crippen molar-refractivity contribution < 1.29 is 23.8 Å². The smallest absolute Gasteiger partial charge is 0.305 e. The lowest BCUT2D eigenvalue weighted by molar-refractivity contribution is -0.155. The molecule has 0 aromatic carbocycles. The van der Waals surface area contributed by atoms with Gasteiger partial charge in [0.25, 0.3) is 0 Å². The van der Waals surface area contributed by atoms with Crippen LogP contribution in [0.25, 0.3) is 0 Å². The van der Waals surface area contributed by atoms with Gasteiger partial charge in [0.1, 0.15) is 19.3 Å². The highest BCUT2D eigenvalue weighted by atomic mass is 16.6. The number of carbonyl (C=O) groups is 2. The molecule has 0 aromatic heterocycles. The van der Waals surface area contributed by atoms with Crippen LogP contribution in [0.3, 0.4) is 0 Å². The van der Waals surface area contributed by atoms with Crippen molar-refractivity contribution in [3.8, 4) is 0 Å². The summed E-state index contributed by atoms with van der Waals surface area (Å²) in [6, 6.07) is 0. The Labute approximate surface area is 407 Å². The summed E-state index contributed by atoms with van der Waals surface area (Å²) in [6.07, 6.45) is 78.2. The highest BCUT2D eigenvalue weighted by molar-refractivity contribution is 5.69. The van der Waals surface area contributed by atoms with Crippen LogP contribution in [0.4, 0.5) is 0 Å². The number of carbonyl (C=O) groups excluding carboxylic acids is 2. The number of ether oxygens (including phenoxy) is 3. The van der Waals surface area contributed by atoms with Gasteiger partial charge in [-0.25, -0.2) is 0 Å². The van der Waals surface area contributed by atoms with E-state index in [0.29, 0.717) is 19.4 Å². The molecule has 0 fully saturated rings. The topological polar surface area (TPSA) is 61.8 Å². The van der Waals surface area contributed by atoms with Crippen molar-refractivity contribution in [2.75, 3.05) is 19.8 Å². The lowest BCUT2D eigenvalue weighted by Gasteiger charge is -2.18. The Bertz CT molecular complexity index is 1270. The van der Waals surface area contributed by atoms with Crippen molar-refractivity contribution in [3.63, 3.8) is 0 Å². The third-order valence-electron chi connectivity index (χ3n) is 11.0. The molecule has 66 heavy (non-hydrogen) atoms. The lowest BCUT2D eigenvalue weighted by Crippen LogP contribution is -2.29. The molecule has 0 spiro atoms. The maximum atomic E-state index is 12.6. The monoisotopic (exact) mass is 913 g/mol. The molecule has 0 bridgehead atoms. The van der Waals surface area contributed by atoms with Gasteiger partial charge in [0.05, 0.1) is 0 Å². The van der Waals surface area contributed by atoms with Gasteiger partial charge in [0.2, 0.25) is 0 Å². The molecule has 0 saturated carbocycles. The van der Waals surface area contributed by atoms with Crippen molar-refractivity contribution in [3.05, 3.63) is 122 Å². The first-order valence-electron chi connectivity index (χ1n) is 27.1. The fourth-order valence-electron chi connectivity index (χ4n) is 7.03. The number of rotatable bonds is 48. The molecule has 0 rings (SSSR count). The Balaban J connectivity index is 4.46. The van der Waals surface area contributed by atoms with Crippen LogP contribution >= 0.6 is 0 Å². The van der Waals surface area contributed by atoms with E-state index < -0.39 is 6.10 Å². The van der Waals surface area contributed by atoms with Crippen molar-refractivity contribution >= 4 is 11.9 Å². The van der Waals surface area contributed by atoms with E-state index in [1.807, 2.05) is 0 Å². The van der Waals surface area contributed by atoms with E-state index in [9.17, 15) is 9.59 Å².